The molecule has 1 aromatic rings. The lowest BCUT2D eigenvalue weighted by Gasteiger charge is -2.06. The Morgan fingerprint density at radius 2 is 2.23 bits per heavy atom. The highest BCUT2D eigenvalue weighted by Crippen LogP contribution is 2.26. The number of ether oxygens (including phenoxy) is 1. The Labute approximate surface area is 81.7 Å². The van der Waals surface area contributed by atoms with E-state index in [9.17, 15) is 4.79 Å². The maximum absolute atomic E-state index is 10.7. The van der Waals surface area contributed by atoms with Crippen molar-refractivity contribution >= 4 is 23.2 Å². The molecule has 0 spiro atoms. The summed E-state index contributed by atoms with van der Waals surface area (Å²) in [6, 6.07) is 5.08. The molecule has 13 heavy (non-hydrogen) atoms. The largest absolute Gasteiger partial charge is 0.497 e. The van der Waals surface area contributed by atoms with Gasteiger partial charge < -0.3 is 10.1 Å². The number of anilines is 1. The molecule has 0 saturated carbocycles. The van der Waals surface area contributed by atoms with Crippen molar-refractivity contribution in [3.8, 4) is 5.75 Å². The van der Waals surface area contributed by atoms with E-state index < -0.39 is 0 Å². The Morgan fingerprint density at radius 1 is 1.54 bits per heavy atom. The van der Waals surface area contributed by atoms with Gasteiger partial charge in [0.25, 0.3) is 0 Å². The van der Waals surface area contributed by atoms with E-state index in [2.05, 4.69) is 5.32 Å². The molecule has 3 nitrogen and oxygen atoms in total. The van der Waals surface area contributed by atoms with E-state index >= 15 is 0 Å². The molecule has 0 saturated heterocycles. The molecule has 0 aliphatic heterocycles. The highest BCUT2D eigenvalue weighted by Gasteiger charge is 2.02. The smallest absolute Gasteiger partial charge is 0.221 e. The molecule has 4 heteroatoms. The van der Waals surface area contributed by atoms with E-state index in [1.165, 1.54) is 6.92 Å². The van der Waals surface area contributed by atoms with Crippen LogP contribution in [0, 0.1) is 0 Å². The van der Waals surface area contributed by atoms with Gasteiger partial charge in [-0.3, -0.25) is 4.79 Å². The third-order valence-electron chi connectivity index (χ3n) is 1.49. The number of hydrogen-bond donors (Lipinski definition) is 1. The maximum atomic E-state index is 10.7. The van der Waals surface area contributed by atoms with E-state index in [1.54, 1.807) is 25.3 Å². The first-order chi connectivity index (χ1) is 6.13. The molecule has 0 aliphatic carbocycles. The summed E-state index contributed by atoms with van der Waals surface area (Å²) in [5.74, 6) is 0.520. The highest BCUT2D eigenvalue weighted by atomic mass is 35.5. The molecule has 0 fully saturated rings. The summed E-state index contributed by atoms with van der Waals surface area (Å²) >= 11 is 5.86. The van der Waals surface area contributed by atoms with Crippen LogP contribution in [0.3, 0.4) is 0 Å². The van der Waals surface area contributed by atoms with Crippen molar-refractivity contribution in [1.82, 2.24) is 0 Å². The van der Waals surface area contributed by atoms with Gasteiger partial charge >= 0.3 is 0 Å². The van der Waals surface area contributed by atoms with Crippen LogP contribution in [0.15, 0.2) is 18.2 Å². The zero-order valence-electron chi connectivity index (χ0n) is 7.43. The first kappa shape index (κ1) is 9.86. The second-order valence-electron chi connectivity index (χ2n) is 2.53. The van der Waals surface area contributed by atoms with Crippen LogP contribution >= 0.6 is 11.6 Å². The summed E-state index contributed by atoms with van der Waals surface area (Å²) in [4.78, 5) is 10.7. The van der Waals surface area contributed by atoms with E-state index in [1.807, 2.05) is 0 Å². The summed E-state index contributed by atoms with van der Waals surface area (Å²) in [7, 11) is 1.56. The average molecular weight is 200 g/mol. The van der Waals surface area contributed by atoms with E-state index in [-0.39, 0.29) is 5.91 Å². The van der Waals surface area contributed by atoms with Crippen LogP contribution in [0.4, 0.5) is 5.69 Å². The average Bonchev–Trinajstić information content (AvgIpc) is 2.08. The molecule has 70 valence electrons. The molecule has 1 aromatic carbocycles. The number of nitrogens with one attached hydrogen (secondary N) is 1. The summed E-state index contributed by atoms with van der Waals surface area (Å²) in [6.45, 7) is 1.43. The minimum Gasteiger partial charge on any atom is -0.497 e. The van der Waals surface area contributed by atoms with Crippen molar-refractivity contribution in [1.29, 1.82) is 0 Å². The molecule has 1 N–H and O–H groups in total. The fraction of sp³-hybridized carbons (Fsp3) is 0.222. The van der Waals surface area contributed by atoms with Gasteiger partial charge in [-0.2, -0.15) is 0 Å². The van der Waals surface area contributed by atoms with E-state index in [0.717, 1.165) is 0 Å². The number of amides is 1. The quantitative estimate of drug-likeness (QED) is 0.794. The van der Waals surface area contributed by atoms with Gasteiger partial charge in [0.15, 0.2) is 0 Å². The molecule has 1 amide bonds. The first-order valence-corrected chi connectivity index (χ1v) is 4.12. The summed E-state index contributed by atoms with van der Waals surface area (Å²) < 4.78 is 4.96. The Hall–Kier alpha value is -1.22. The molecular formula is C9H10ClNO2. The van der Waals surface area contributed by atoms with E-state index in [0.29, 0.717) is 16.5 Å². The van der Waals surface area contributed by atoms with Crippen LogP contribution in [0.25, 0.3) is 0 Å². The summed E-state index contributed by atoms with van der Waals surface area (Å²) in [6.07, 6.45) is 0. The predicted molar refractivity (Wildman–Crippen MR) is 52.3 cm³/mol. The number of rotatable bonds is 2. The van der Waals surface area contributed by atoms with Crippen LogP contribution < -0.4 is 10.1 Å². The van der Waals surface area contributed by atoms with Gasteiger partial charge in [-0.1, -0.05) is 11.6 Å². The third kappa shape index (κ3) is 2.63. The fourth-order valence-electron chi connectivity index (χ4n) is 0.914. The van der Waals surface area contributed by atoms with Gasteiger partial charge in [0.2, 0.25) is 5.91 Å². The van der Waals surface area contributed by atoms with Crippen LogP contribution in [-0.4, -0.2) is 13.0 Å². The van der Waals surface area contributed by atoms with Crippen LogP contribution in [0.2, 0.25) is 5.02 Å². The molecule has 0 aromatic heterocycles. The number of benzene rings is 1. The molecule has 0 atom stereocenters. The lowest BCUT2D eigenvalue weighted by atomic mass is 10.3. The highest BCUT2D eigenvalue weighted by molar-refractivity contribution is 6.33. The third-order valence-corrected chi connectivity index (χ3v) is 1.80. The SMILES string of the molecule is COc1ccc(NC(C)=O)c(Cl)c1. The van der Waals surface area contributed by atoms with Gasteiger partial charge in [-0.25, -0.2) is 0 Å². The topological polar surface area (TPSA) is 38.3 Å². The summed E-state index contributed by atoms with van der Waals surface area (Å²) in [5.41, 5.74) is 0.593. The van der Waals surface area contributed by atoms with Crippen molar-refractivity contribution < 1.29 is 9.53 Å². The molecule has 0 aliphatic rings. The second kappa shape index (κ2) is 4.14. The zero-order chi connectivity index (χ0) is 9.84. The molecule has 1 rings (SSSR count). The second-order valence-corrected chi connectivity index (χ2v) is 2.93. The van der Waals surface area contributed by atoms with Crippen LogP contribution in [0.1, 0.15) is 6.92 Å². The minimum absolute atomic E-state index is 0.146. The number of hydrogen-bond acceptors (Lipinski definition) is 2. The van der Waals surface area contributed by atoms with Gasteiger partial charge in [-0.05, 0) is 12.1 Å². The summed E-state index contributed by atoms with van der Waals surface area (Å²) in [5, 5.41) is 3.07. The van der Waals surface area contributed by atoms with Gasteiger partial charge in [-0.15, -0.1) is 0 Å². The Morgan fingerprint density at radius 3 is 2.69 bits per heavy atom. The van der Waals surface area contributed by atoms with Crippen LogP contribution in [0.5, 0.6) is 5.75 Å². The van der Waals surface area contributed by atoms with Gasteiger partial charge in [0.1, 0.15) is 5.75 Å². The number of carbonyl (C=O) groups excluding carboxylic acids is 1. The van der Waals surface area contributed by atoms with Gasteiger partial charge in [0, 0.05) is 13.0 Å². The minimum atomic E-state index is -0.146. The van der Waals surface area contributed by atoms with Crippen LogP contribution in [-0.2, 0) is 4.79 Å². The van der Waals surface area contributed by atoms with E-state index in [4.69, 9.17) is 16.3 Å². The normalized spacial score (nSPS) is 9.46. The van der Waals surface area contributed by atoms with Crippen molar-refractivity contribution in [2.45, 2.75) is 6.92 Å². The maximum Gasteiger partial charge on any atom is 0.221 e. The Kier molecular flexibility index (Phi) is 3.14. The fourth-order valence-corrected chi connectivity index (χ4v) is 1.13. The van der Waals surface area contributed by atoms with Crippen molar-refractivity contribution in [2.24, 2.45) is 0 Å². The molecule has 0 heterocycles. The Bertz CT molecular complexity index is 325. The molecule has 0 radical (unpaired) electrons. The molecule has 0 bridgehead atoms. The number of methoxy groups -OCH3 is 1. The lowest BCUT2D eigenvalue weighted by molar-refractivity contribution is -0.114. The Balaban J connectivity index is 2.91. The van der Waals surface area contributed by atoms with Crippen molar-refractivity contribution in [2.75, 3.05) is 12.4 Å². The zero-order valence-corrected chi connectivity index (χ0v) is 8.18. The first-order valence-electron chi connectivity index (χ1n) is 3.74. The van der Waals surface area contributed by atoms with Crippen molar-refractivity contribution in [3.63, 3.8) is 0 Å². The van der Waals surface area contributed by atoms with Gasteiger partial charge in [0.05, 0.1) is 17.8 Å². The standard InChI is InChI=1S/C9H10ClNO2/c1-6(12)11-9-4-3-7(13-2)5-8(9)10/h3-5H,1-2H3,(H,11,12). The number of carbonyl (C=O) groups is 1. The lowest BCUT2D eigenvalue weighted by Crippen LogP contribution is -2.05. The number of halogens is 1. The molecule has 0 unspecified atom stereocenters. The molecular weight excluding hydrogens is 190 g/mol. The predicted octanol–water partition coefficient (Wildman–Crippen LogP) is 2.31. The van der Waals surface area contributed by atoms with Crippen molar-refractivity contribution in [3.05, 3.63) is 23.2 Å². The monoisotopic (exact) mass is 199 g/mol.